The highest BCUT2D eigenvalue weighted by Gasteiger charge is 2.54. The van der Waals surface area contributed by atoms with E-state index in [1.54, 1.807) is 38.6 Å². The van der Waals surface area contributed by atoms with Gasteiger partial charge in [0.2, 0.25) is 23.4 Å². The molecule has 2 fully saturated rings. The average molecular weight is 944 g/mol. The molecule has 1 unspecified atom stereocenters. The third-order valence-electron chi connectivity index (χ3n) is 11.0. The number of aliphatic hydroxyl groups is 2. The maximum atomic E-state index is 14.9. The molecule has 4 aromatic rings. The summed E-state index contributed by atoms with van der Waals surface area (Å²) in [6.07, 6.45) is -1.11. The largest absolute Gasteiger partial charge is 0.480 e. The first-order chi connectivity index (χ1) is 31.0. The number of thiazole rings is 2. The summed E-state index contributed by atoms with van der Waals surface area (Å²) in [5.74, 6) is -5.73. The molecule has 65 heavy (non-hydrogen) atoms. The van der Waals surface area contributed by atoms with Gasteiger partial charge >= 0.3 is 0 Å². The molecule has 0 bridgehead atoms. The van der Waals surface area contributed by atoms with Gasteiger partial charge in [-0.1, -0.05) is 45.0 Å². The highest BCUT2D eigenvalue weighted by atomic mass is 32.1. The normalized spacial score (nSPS) is 17.9. The number of β-amino-alcohol motifs (C(OH)–C–C–N with tert-alkyl or cyclic N) is 1. The first-order valence-corrected chi connectivity index (χ1v) is 22.9. The number of halogens is 2. The second-order valence-corrected chi connectivity index (χ2v) is 18.3. The van der Waals surface area contributed by atoms with Crippen LogP contribution in [-0.2, 0) is 33.4 Å². The number of amides is 4. The van der Waals surface area contributed by atoms with Gasteiger partial charge < -0.3 is 54.9 Å². The van der Waals surface area contributed by atoms with Crippen molar-refractivity contribution in [3.8, 4) is 27.4 Å². The smallest absolute Gasteiger partial charge is 0.277 e. The molecule has 4 heterocycles. The standard InChI is InChI=1S/C44H55F2N7O10S2/c1-26(28-6-8-29(9-7-28)39-27(2)48-25-65-39)49-40(57)34-20-30(54)21-53(34)41(58)44(59,43(3,4)5)51-36(56)22-62-19-18-60-15-12-47-35(55)23-63-38-31(10-11-32(45)37(38)46)33-24-64-42(50-33)52-13-16-61-17-14-52/h6-11,24-26,30,34,54,59H,12-23H2,1-5H3,(H,47,55)(H,49,57)(H,51,56)/t26-,30+,34-,44?/m0/s1. The lowest BCUT2D eigenvalue weighted by atomic mass is 9.81. The number of benzene rings is 2. The Hall–Kier alpha value is -5.16. The van der Waals surface area contributed by atoms with E-state index in [9.17, 15) is 38.2 Å². The van der Waals surface area contributed by atoms with E-state index in [1.807, 2.05) is 36.1 Å². The summed E-state index contributed by atoms with van der Waals surface area (Å²) >= 11 is 2.88. The number of likely N-dealkylation sites (tertiary alicyclic amines) is 1. The summed E-state index contributed by atoms with van der Waals surface area (Å²) in [4.78, 5) is 66.3. The quantitative estimate of drug-likeness (QED) is 0.0673. The van der Waals surface area contributed by atoms with E-state index >= 15 is 0 Å². The van der Waals surface area contributed by atoms with Gasteiger partial charge in [-0.3, -0.25) is 19.2 Å². The highest BCUT2D eigenvalue weighted by Crippen LogP contribution is 2.37. The predicted molar refractivity (Wildman–Crippen MR) is 238 cm³/mol. The number of carbonyl (C=O) groups is 4. The van der Waals surface area contributed by atoms with E-state index in [0.717, 1.165) is 32.7 Å². The van der Waals surface area contributed by atoms with E-state index in [-0.39, 0.29) is 44.9 Å². The summed E-state index contributed by atoms with van der Waals surface area (Å²) in [7, 11) is 0. The van der Waals surface area contributed by atoms with Gasteiger partial charge in [-0.05, 0) is 37.1 Å². The lowest BCUT2D eigenvalue weighted by Crippen LogP contribution is -2.68. The number of aromatic nitrogens is 2. The summed E-state index contributed by atoms with van der Waals surface area (Å²) in [5, 5.41) is 32.7. The fourth-order valence-corrected chi connectivity index (χ4v) is 8.88. The number of nitrogens with one attached hydrogen (secondary N) is 3. The van der Waals surface area contributed by atoms with Gasteiger partial charge in [0.25, 0.3) is 11.8 Å². The number of hydrogen-bond donors (Lipinski definition) is 5. The van der Waals surface area contributed by atoms with Gasteiger partial charge in [-0.25, -0.2) is 14.4 Å². The van der Waals surface area contributed by atoms with Crippen LogP contribution in [0.4, 0.5) is 13.9 Å². The summed E-state index contributed by atoms with van der Waals surface area (Å²) in [5.41, 5.74) is 1.35. The van der Waals surface area contributed by atoms with Crippen molar-refractivity contribution in [3.63, 3.8) is 0 Å². The van der Waals surface area contributed by atoms with Gasteiger partial charge in [0, 0.05) is 49.0 Å². The van der Waals surface area contributed by atoms with E-state index in [2.05, 4.69) is 25.9 Å². The molecule has 0 aliphatic carbocycles. The zero-order valence-electron chi connectivity index (χ0n) is 36.9. The number of aliphatic hydroxyl groups excluding tert-OH is 1. The number of carbonyl (C=O) groups excluding carboxylic acids is 4. The van der Waals surface area contributed by atoms with Gasteiger partial charge in [0.15, 0.2) is 23.3 Å². The second-order valence-electron chi connectivity index (χ2n) is 16.6. The van der Waals surface area contributed by atoms with Crippen LogP contribution in [0.1, 0.15) is 51.4 Å². The zero-order chi connectivity index (χ0) is 46.9. The van der Waals surface area contributed by atoms with Crippen molar-refractivity contribution in [1.29, 1.82) is 0 Å². The van der Waals surface area contributed by atoms with E-state index in [4.69, 9.17) is 18.9 Å². The molecule has 0 saturated carbocycles. The topological polar surface area (TPSA) is 214 Å². The molecule has 0 spiro atoms. The first kappa shape index (κ1) is 49.3. The molecule has 5 N–H and O–H groups in total. The molecule has 4 atom stereocenters. The SMILES string of the molecule is Cc1ncsc1-c1ccc([C@H](C)NC(=O)[C@@H]2C[C@@H](O)CN2C(=O)C(O)(NC(=O)COCCOCCNC(=O)COc2c(-c3csc(N4CCOCC4)n3)ccc(F)c2F)C(C)(C)C)cc1. The maximum absolute atomic E-state index is 14.9. The van der Waals surface area contributed by atoms with Crippen LogP contribution in [0.5, 0.6) is 5.75 Å². The Balaban J connectivity index is 0.918. The second kappa shape index (κ2) is 21.9. The Kier molecular flexibility index (Phi) is 16.6. The van der Waals surface area contributed by atoms with Crippen LogP contribution in [-0.4, -0.2) is 139 Å². The Labute approximate surface area is 383 Å². The molecule has 2 saturated heterocycles. The Morgan fingerprint density at radius 3 is 2.40 bits per heavy atom. The van der Waals surface area contributed by atoms with Crippen LogP contribution in [0.15, 0.2) is 47.3 Å². The number of anilines is 1. The minimum atomic E-state index is -2.49. The third kappa shape index (κ3) is 12.2. The van der Waals surface area contributed by atoms with Crippen LogP contribution in [0.2, 0.25) is 0 Å². The molecule has 2 aromatic heterocycles. The molecule has 4 amide bonds. The number of morpholine rings is 1. The molecule has 2 aliphatic heterocycles. The van der Waals surface area contributed by atoms with Gasteiger partial charge in [-0.2, -0.15) is 4.39 Å². The van der Waals surface area contributed by atoms with Crippen LogP contribution in [0.3, 0.4) is 0 Å². The van der Waals surface area contributed by atoms with Crippen molar-refractivity contribution < 1.29 is 57.1 Å². The summed E-state index contributed by atoms with van der Waals surface area (Å²) in [6.45, 7) is 9.43. The van der Waals surface area contributed by atoms with Crippen LogP contribution < -0.4 is 25.6 Å². The number of rotatable bonds is 19. The first-order valence-electron chi connectivity index (χ1n) is 21.1. The average Bonchev–Trinajstić information content (AvgIpc) is 4.05. The Bertz CT molecular complexity index is 2290. The molecular formula is C44H55F2N7O10S2. The van der Waals surface area contributed by atoms with E-state index in [0.29, 0.717) is 37.1 Å². The van der Waals surface area contributed by atoms with Gasteiger partial charge in [-0.15, -0.1) is 22.7 Å². The maximum Gasteiger partial charge on any atom is 0.277 e. The molecule has 2 aromatic carbocycles. The van der Waals surface area contributed by atoms with Crippen LogP contribution in [0.25, 0.3) is 21.7 Å². The predicted octanol–water partition coefficient (Wildman–Crippen LogP) is 3.58. The van der Waals surface area contributed by atoms with Crippen LogP contribution >= 0.6 is 22.7 Å². The molecule has 2 aliphatic rings. The van der Waals surface area contributed by atoms with Crippen molar-refractivity contribution in [2.75, 3.05) is 77.3 Å². The number of aryl methyl sites for hydroxylation is 1. The minimum absolute atomic E-state index is 0.0108. The van der Waals surface area contributed by atoms with Crippen molar-refractivity contribution >= 4 is 51.4 Å². The monoisotopic (exact) mass is 943 g/mol. The summed E-state index contributed by atoms with van der Waals surface area (Å²) < 4.78 is 50.8. The lowest BCUT2D eigenvalue weighted by Gasteiger charge is -2.42. The van der Waals surface area contributed by atoms with Crippen LogP contribution in [0, 0.1) is 24.0 Å². The van der Waals surface area contributed by atoms with Crippen molar-refractivity contribution in [2.45, 2.75) is 65.0 Å². The fraction of sp³-hybridized carbons (Fsp3) is 0.500. The number of hydrogen-bond acceptors (Lipinski definition) is 15. The Morgan fingerprint density at radius 1 is 0.985 bits per heavy atom. The molecule has 17 nitrogen and oxygen atoms in total. The number of nitrogens with zero attached hydrogens (tertiary/aromatic N) is 4. The van der Waals surface area contributed by atoms with Crippen molar-refractivity contribution in [3.05, 3.63) is 70.2 Å². The van der Waals surface area contributed by atoms with Gasteiger partial charge in [0.05, 0.1) is 67.0 Å². The lowest BCUT2D eigenvalue weighted by molar-refractivity contribution is -0.176. The number of ether oxygens (including phenoxy) is 4. The highest BCUT2D eigenvalue weighted by molar-refractivity contribution is 7.14. The fourth-order valence-electron chi connectivity index (χ4n) is 7.19. The molecule has 352 valence electrons. The van der Waals surface area contributed by atoms with E-state index in [1.165, 1.54) is 28.7 Å². The van der Waals surface area contributed by atoms with Crippen molar-refractivity contribution in [1.82, 2.24) is 30.8 Å². The molecular weight excluding hydrogens is 889 g/mol. The third-order valence-corrected chi connectivity index (χ3v) is 12.8. The summed E-state index contributed by atoms with van der Waals surface area (Å²) in [6, 6.07) is 8.44. The molecule has 0 radical (unpaired) electrons. The zero-order valence-corrected chi connectivity index (χ0v) is 38.5. The molecule has 21 heteroatoms. The van der Waals surface area contributed by atoms with Gasteiger partial charge in [0.1, 0.15) is 12.6 Å². The molecule has 6 rings (SSSR count). The van der Waals surface area contributed by atoms with E-state index < -0.39 is 83.6 Å². The minimum Gasteiger partial charge on any atom is -0.480 e. The Morgan fingerprint density at radius 2 is 1.71 bits per heavy atom. The van der Waals surface area contributed by atoms with Crippen molar-refractivity contribution in [2.24, 2.45) is 5.41 Å².